The van der Waals surface area contributed by atoms with Gasteiger partial charge < -0.3 is 5.73 Å². The quantitative estimate of drug-likeness (QED) is 0.558. The van der Waals surface area contributed by atoms with Crippen molar-refractivity contribution in [3.63, 3.8) is 0 Å². The van der Waals surface area contributed by atoms with Crippen molar-refractivity contribution in [2.75, 3.05) is 11.2 Å². The van der Waals surface area contributed by atoms with E-state index in [-0.39, 0.29) is 11.2 Å². The Balaban J connectivity index is 1.78. The van der Waals surface area contributed by atoms with E-state index in [1.54, 1.807) is 36.3 Å². The average molecular weight is 314 g/mol. The number of nitrogens with zero attached hydrogens (tertiary/aromatic N) is 4. The van der Waals surface area contributed by atoms with Crippen molar-refractivity contribution >= 4 is 33.2 Å². The van der Waals surface area contributed by atoms with Crippen molar-refractivity contribution in [2.45, 2.75) is 0 Å². The second kappa shape index (κ2) is 4.67. The van der Waals surface area contributed by atoms with Crippen LogP contribution in [0.1, 0.15) is 0 Å². The number of rotatable bonds is 2. The minimum atomic E-state index is -0.524. The van der Waals surface area contributed by atoms with Crippen molar-refractivity contribution < 1.29 is 8.78 Å². The number of nitrogens with one attached hydrogen (secondary N) is 1. The molecule has 0 spiro atoms. The number of aryl methyl sites for hydroxylation is 1. The first-order valence-electron chi connectivity index (χ1n) is 6.84. The first-order valence-corrected chi connectivity index (χ1v) is 6.84. The molecule has 8 heteroatoms. The highest BCUT2D eigenvalue weighted by Crippen LogP contribution is 2.24. The smallest absolute Gasteiger partial charge is 0.153 e. The normalized spacial score (nSPS) is 11.4. The Kier molecular flexibility index (Phi) is 2.74. The van der Waals surface area contributed by atoms with Gasteiger partial charge in [0.15, 0.2) is 5.82 Å². The molecule has 2 aromatic carbocycles. The van der Waals surface area contributed by atoms with Crippen LogP contribution >= 0.6 is 0 Å². The van der Waals surface area contributed by atoms with E-state index in [1.165, 1.54) is 16.9 Å². The van der Waals surface area contributed by atoms with Crippen LogP contribution < -0.4 is 11.2 Å². The number of nitrogens with two attached hydrogens (primary N) is 1. The zero-order valence-corrected chi connectivity index (χ0v) is 12.1. The Hall–Kier alpha value is -3.16. The summed E-state index contributed by atoms with van der Waals surface area (Å²) >= 11 is 0. The zero-order valence-electron chi connectivity index (χ0n) is 12.1. The standard InChI is InChI=1S/C15H12F2N6/c1-22-6-8-3-14(11(16)5-13(8)19-22)20-23-7-9-2-10(18)4-12(17)15(9)21-23/h2-7,20H,18H2,1H3. The Morgan fingerprint density at radius 1 is 1.00 bits per heavy atom. The topological polar surface area (TPSA) is 73.7 Å². The minimum Gasteiger partial charge on any atom is -0.399 e. The van der Waals surface area contributed by atoms with Crippen molar-refractivity contribution in [1.29, 1.82) is 0 Å². The Morgan fingerprint density at radius 2 is 1.83 bits per heavy atom. The van der Waals surface area contributed by atoms with E-state index >= 15 is 0 Å². The summed E-state index contributed by atoms with van der Waals surface area (Å²) in [6.07, 6.45) is 3.32. The summed E-state index contributed by atoms with van der Waals surface area (Å²) in [7, 11) is 1.76. The van der Waals surface area contributed by atoms with Gasteiger partial charge in [0.1, 0.15) is 11.3 Å². The van der Waals surface area contributed by atoms with Gasteiger partial charge in [0.05, 0.1) is 17.4 Å². The number of hydrogen-bond donors (Lipinski definition) is 2. The molecule has 23 heavy (non-hydrogen) atoms. The lowest BCUT2D eigenvalue weighted by Crippen LogP contribution is -2.10. The highest BCUT2D eigenvalue weighted by molar-refractivity contribution is 5.83. The highest BCUT2D eigenvalue weighted by Gasteiger charge is 2.11. The lowest BCUT2D eigenvalue weighted by molar-refractivity contribution is 0.624. The van der Waals surface area contributed by atoms with E-state index in [2.05, 4.69) is 15.6 Å². The number of anilines is 2. The zero-order chi connectivity index (χ0) is 16.1. The van der Waals surface area contributed by atoms with Crippen LogP contribution in [0.2, 0.25) is 0 Å². The lowest BCUT2D eigenvalue weighted by Gasteiger charge is -2.06. The molecule has 0 aliphatic heterocycles. The van der Waals surface area contributed by atoms with Crippen LogP contribution in [0, 0.1) is 11.6 Å². The second-order valence-electron chi connectivity index (χ2n) is 5.32. The van der Waals surface area contributed by atoms with Gasteiger partial charge in [-0.15, -0.1) is 5.10 Å². The Labute approximate surface area is 129 Å². The maximum absolute atomic E-state index is 14.2. The molecule has 2 heterocycles. The molecule has 0 fully saturated rings. The predicted octanol–water partition coefficient (Wildman–Crippen LogP) is 2.66. The van der Waals surface area contributed by atoms with Crippen molar-refractivity contribution in [2.24, 2.45) is 7.05 Å². The number of benzene rings is 2. The van der Waals surface area contributed by atoms with Crippen molar-refractivity contribution in [3.8, 4) is 0 Å². The van der Waals surface area contributed by atoms with Crippen LogP contribution in [0.5, 0.6) is 0 Å². The van der Waals surface area contributed by atoms with E-state index in [4.69, 9.17) is 5.73 Å². The molecule has 0 aliphatic rings. The van der Waals surface area contributed by atoms with Gasteiger partial charge in [0.2, 0.25) is 0 Å². The largest absolute Gasteiger partial charge is 0.399 e. The molecule has 3 N–H and O–H groups in total. The number of nitrogen functional groups attached to an aromatic ring is 1. The first kappa shape index (κ1) is 13.5. The van der Waals surface area contributed by atoms with Crippen molar-refractivity contribution in [3.05, 3.63) is 48.3 Å². The molecular weight excluding hydrogens is 302 g/mol. The van der Waals surface area contributed by atoms with Crippen LogP contribution in [0.4, 0.5) is 20.2 Å². The molecule has 0 saturated carbocycles. The number of aromatic nitrogens is 4. The number of fused-ring (bicyclic) bond motifs is 2. The van der Waals surface area contributed by atoms with Crippen LogP contribution in [0.25, 0.3) is 21.8 Å². The van der Waals surface area contributed by atoms with Gasteiger partial charge >= 0.3 is 0 Å². The molecule has 0 atom stereocenters. The summed E-state index contributed by atoms with van der Waals surface area (Å²) in [5.41, 5.74) is 9.64. The van der Waals surface area contributed by atoms with Crippen LogP contribution in [0.15, 0.2) is 36.7 Å². The van der Waals surface area contributed by atoms with Gasteiger partial charge in [0, 0.05) is 35.8 Å². The fourth-order valence-electron chi connectivity index (χ4n) is 2.55. The van der Waals surface area contributed by atoms with Crippen molar-refractivity contribution in [1.82, 2.24) is 19.7 Å². The van der Waals surface area contributed by atoms with Gasteiger partial charge in [-0.1, -0.05) is 0 Å². The molecule has 6 nitrogen and oxygen atoms in total. The van der Waals surface area contributed by atoms with Gasteiger partial charge in [-0.25, -0.2) is 8.78 Å². The fraction of sp³-hybridized carbons (Fsp3) is 0.0667. The summed E-state index contributed by atoms with van der Waals surface area (Å²) in [6.45, 7) is 0. The minimum absolute atomic E-state index is 0.162. The molecule has 0 aliphatic carbocycles. The molecule has 0 radical (unpaired) electrons. The third kappa shape index (κ3) is 2.24. The molecule has 116 valence electrons. The molecule has 0 bridgehead atoms. The van der Waals surface area contributed by atoms with E-state index < -0.39 is 11.6 Å². The molecule has 2 aromatic heterocycles. The summed E-state index contributed by atoms with van der Waals surface area (Å²) < 4.78 is 29.6. The van der Waals surface area contributed by atoms with Crippen LogP contribution in [0.3, 0.4) is 0 Å². The maximum Gasteiger partial charge on any atom is 0.153 e. The molecule has 0 amide bonds. The lowest BCUT2D eigenvalue weighted by atomic mass is 10.2. The number of halogens is 2. The Morgan fingerprint density at radius 3 is 2.65 bits per heavy atom. The molecule has 4 aromatic rings. The molecular formula is C15H12F2N6. The monoisotopic (exact) mass is 314 g/mol. The van der Waals surface area contributed by atoms with Gasteiger partial charge in [-0.3, -0.25) is 10.1 Å². The predicted molar refractivity (Wildman–Crippen MR) is 83.8 cm³/mol. The first-order chi connectivity index (χ1) is 11.0. The summed E-state index contributed by atoms with van der Waals surface area (Å²) in [5, 5.41) is 9.51. The average Bonchev–Trinajstić information content (AvgIpc) is 3.01. The van der Waals surface area contributed by atoms with E-state index in [0.29, 0.717) is 16.6 Å². The van der Waals surface area contributed by atoms with Crippen LogP contribution in [-0.2, 0) is 7.05 Å². The summed E-state index contributed by atoms with van der Waals surface area (Å²) in [6, 6.07) is 5.75. The Bertz CT molecular complexity index is 1050. The summed E-state index contributed by atoms with van der Waals surface area (Å²) in [5.74, 6) is -1.00. The molecule has 0 unspecified atom stereocenters. The van der Waals surface area contributed by atoms with Gasteiger partial charge in [-0.05, 0) is 18.2 Å². The molecule has 0 saturated heterocycles. The van der Waals surface area contributed by atoms with Gasteiger partial charge in [-0.2, -0.15) is 9.89 Å². The summed E-state index contributed by atoms with van der Waals surface area (Å²) in [4.78, 5) is 1.26. The highest BCUT2D eigenvalue weighted by atomic mass is 19.1. The SMILES string of the molecule is Cn1cc2cc(Nn3cc4cc(N)cc(F)c4n3)c(F)cc2n1. The van der Waals surface area contributed by atoms with Crippen LogP contribution in [-0.4, -0.2) is 19.7 Å². The second-order valence-corrected chi connectivity index (χ2v) is 5.32. The fourth-order valence-corrected chi connectivity index (χ4v) is 2.55. The number of hydrogen-bond acceptors (Lipinski definition) is 4. The molecule has 4 rings (SSSR count). The van der Waals surface area contributed by atoms with E-state index in [9.17, 15) is 8.78 Å². The third-order valence-electron chi connectivity index (χ3n) is 3.53. The third-order valence-corrected chi connectivity index (χ3v) is 3.53. The van der Waals surface area contributed by atoms with E-state index in [1.807, 2.05) is 0 Å². The maximum atomic E-state index is 14.2. The van der Waals surface area contributed by atoms with Gasteiger partial charge in [0.25, 0.3) is 0 Å². The van der Waals surface area contributed by atoms with E-state index in [0.717, 1.165) is 5.39 Å².